The maximum Gasteiger partial charge on any atom is 0.221 e. The molecule has 0 bridgehead atoms. The average molecular weight is 278 g/mol. The predicted octanol–water partition coefficient (Wildman–Crippen LogP) is 1.33. The average Bonchev–Trinajstić information content (AvgIpc) is 2.50. The van der Waals surface area contributed by atoms with Crippen LogP contribution in [0.3, 0.4) is 0 Å². The van der Waals surface area contributed by atoms with Gasteiger partial charge in [0.25, 0.3) is 0 Å². The molecule has 1 rings (SSSR count). The molecule has 1 unspecified atom stereocenters. The lowest BCUT2D eigenvalue weighted by Gasteiger charge is -2.23. The molecule has 0 saturated heterocycles. The number of hydrogen-bond acceptors (Lipinski definition) is 4. The molecule has 1 aromatic rings. The van der Waals surface area contributed by atoms with Gasteiger partial charge in [0.05, 0.1) is 13.2 Å². The number of ketones is 1. The summed E-state index contributed by atoms with van der Waals surface area (Å²) in [5.41, 5.74) is 0.644. The first kappa shape index (κ1) is 16.2. The number of amides is 1. The zero-order chi connectivity index (χ0) is 15.1. The quantitative estimate of drug-likeness (QED) is 0.765. The fourth-order valence-corrected chi connectivity index (χ4v) is 1.79. The summed E-state index contributed by atoms with van der Waals surface area (Å²) in [5.74, 6) is 0.732. The molecule has 0 aromatic heterocycles. The Bertz CT molecular complexity index is 457. The van der Waals surface area contributed by atoms with E-state index in [0.717, 1.165) is 5.75 Å². The lowest BCUT2D eigenvalue weighted by Crippen LogP contribution is -2.38. The molecule has 0 aliphatic rings. The van der Waals surface area contributed by atoms with Crippen molar-refractivity contribution < 1.29 is 14.3 Å². The number of rotatable bonds is 7. The first-order chi connectivity index (χ1) is 9.49. The van der Waals surface area contributed by atoms with Crippen LogP contribution in [0.5, 0.6) is 5.75 Å². The topological polar surface area (TPSA) is 58.6 Å². The Hall–Kier alpha value is -1.88. The van der Waals surface area contributed by atoms with Crippen LogP contribution < -0.4 is 10.1 Å². The van der Waals surface area contributed by atoms with Gasteiger partial charge in [-0.2, -0.15) is 0 Å². The van der Waals surface area contributed by atoms with E-state index in [4.69, 9.17) is 4.74 Å². The maximum atomic E-state index is 12.3. The molecule has 110 valence electrons. The van der Waals surface area contributed by atoms with Gasteiger partial charge in [-0.3, -0.25) is 14.5 Å². The lowest BCUT2D eigenvalue weighted by molar-refractivity contribution is -0.120. The molecule has 0 aliphatic heterocycles. The van der Waals surface area contributed by atoms with Crippen molar-refractivity contribution in [3.8, 4) is 5.75 Å². The second-order valence-electron chi connectivity index (χ2n) is 4.67. The van der Waals surface area contributed by atoms with Crippen LogP contribution in [-0.2, 0) is 4.79 Å². The molecule has 0 aliphatic carbocycles. The smallest absolute Gasteiger partial charge is 0.221 e. The minimum absolute atomic E-state index is 0.0269. The van der Waals surface area contributed by atoms with Gasteiger partial charge >= 0.3 is 0 Å². The molecule has 0 fully saturated rings. The third kappa shape index (κ3) is 4.35. The number of carbonyl (C=O) groups excluding carboxylic acids is 2. The number of hydrogen-bond donors (Lipinski definition) is 1. The molecule has 20 heavy (non-hydrogen) atoms. The molecule has 1 atom stereocenters. The molecule has 0 spiro atoms. The summed E-state index contributed by atoms with van der Waals surface area (Å²) in [6, 6.07) is 6.77. The van der Waals surface area contributed by atoms with Gasteiger partial charge in [-0.15, -0.1) is 0 Å². The van der Waals surface area contributed by atoms with Crippen molar-refractivity contribution in [3.05, 3.63) is 29.8 Å². The van der Waals surface area contributed by atoms with Gasteiger partial charge in [0.1, 0.15) is 5.75 Å². The lowest BCUT2D eigenvalue weighted by atomic mass is 10.0. The molecular formula is C15H22N2O3. The molecule has 1 aromatic carbocycles. The van der Waals surface area contributed by atoms with E-state index in [0.29, 0.717) is 18.5 Å². The third-order valence-corrected chi connectivity index (χ3v) is 3.39. The molecule has 0 radical (unpaired) electrons. The highest BCUT2D eigenvalue weighted by molar-refractivity contribution is 5.99. The number of nitrogens with zero attached hydrogens (tertiary/aromatic N) is 1. The minimum atomic E-state index is -0.270. The van der Waals surface area contributed by atoms with E-state index in [9.17, 15) is 9.59 Å². The number of carbonyl (C=O) groups is 2. The maximum absolute atomic E-state index is 12.3. The predicted molar refractivity (Wildman–Crippen MR) is 78.1 cm³/mol. The Kier molecular flexibility index (Phi) is 6.18. The van der Waals surface area contributed by atoms with Gasteiger partial charge in [-0.1, -0.05) is 0 Å². The van der Waals surface area contributed by atoms with Crippen molar-refractivity contribution in [3.63, 3.8) is 0 Å². The minimum Gasteiger partial charge on any atom is -0.497 e. The van der Waals surface area contributed by atoms with E-state index in [1.807, 2.05) is 18.9 Å². The highest BCUT2D eigenvalue weighted by Gasteiger charge is 2.19. The van der Waals surface area contributed by atoms with Crippen LogP contribution in [0.2, 0.25) is 0 Å². The number of Topliss-reactive ketones (excluding diaryl/α,β-unsaturated/α-hetero) is 1. The highest BCUT2D eigenvalue weighted by atomic mass is 16.5. The fourth-order valence-electron chi connectivity index (χ4n) is 1.79. The summed E-state index contributed by atoms with van der Waals surface area (Å²) in [5, 5.41) is 2.57. The summed E-state index contributed by atoms with van der Waals surface area (Å²) in [6.45, 7) is 2.39. The van der Waals surface area contributed by atoms with Crippen LogP contribution in [0.15, 0.2) is 24.3 Å². The van der Waals surface area contributed by atoms with Gasteiger partial charge in [0.2, 0.25) is 5.91 Å². The molecule has 0 heterocycles. The van der Waals surface area contributed by atoms with Crippen LogP contribution >= 0.6 is 0 Å². The number of likely N-dealkylation sites (N-methyl/N-ethyl adjacent to an activating group) is 1. The van der Waals surface area contributed by atoms with E-state index in [2.05, 4.69) is 5.32 Å². The monoisotopic (exact) mass is 278 g/mol. The van der Waals surface area contributed by atoms with Crippen molar-refractivity contribution in [1.29, 1.82) is 0 Å². The fraction of sp³-hybridized carbons (Fsp3) is 0.467. The van der Waals surface area contributed by atoms with E-state index in [-0.39, 0.29) is 17.7 Å². The Morgan fingerprint density at radius 1 is 1.30 bits per heavy atom. The summed E-state index contributed by atoms with van der Waals surface area (Å²) in [4.78, 5) is 25.4. The van der Waals surface area contributed by atoms with Crippen LogP contribution in [0.1, 0.15) is 23.7 Å². The number of ether oxygens (including phenoxy) is 1. The number of benzene rings is 1. The normalized spacial score (nSPS) is 12.1. The van der Waals surface area contributed by atoms with Gasteiger partial charge in [0.15, 0.2) is 5.78 Å². The van der Waals surface area contributed by atoms with Gasteiger partial charge in [-0.05, 0) is 38.2 Å². The van der Waals surface area contributed by atoms with Crippen LogP contribution in [0.25, 0.3) is 0 Å². The van der Waals surface area contributed by atoms with E-state index in [1.165, 1.54) is 0 Å². The Labute approximate surface area is 119 Å². The molecule has 5 heteroatoms. The van der Waals surface area contributed by atoms with Crippen molar-refractivity contribution in [1.82, 2.24) is 10.2 Å². The van der Waals surface area contributed by atoms with Crippen molar-refractivity contribution in [2.24, 2.45) is 0 Å². The Balaban J connectivity index is 2.62. The van der Waals surface area contributed by atoms with Crippen LogP contribution in [0, 0.1) is 0 Å². The largest absolute Gasteiger partial charge is 0.497 e. The standard InChI is InChI=1S/C15H22N2O3/c1-11(17(3)10-9-14(18)16-2)15(19)12-5-7-13(20-4)8-6-12/h5-8,11H,9-10H2,1-4H3,(H,16,18). The first-order valence-electron chi connectivity index (χ1n) is 6.58. The zero-order valence-corrected chi connectivity index (χ0v) is 12.5. The second-order valence-corrected chi connectivity index (χ2v) is 4.67. The molecule has 1 N–H and O–H groups in total. The van der Waals surface area contributed by atoms with E-state index < -0.39 is 0 Å². The second kappa shape index (κ2) is 7.65. The van der Waals surface area contributed by atoms with Gasteiger partial charge in [-0.25, -0.2) is 0 Å². The van der Waals surface area contributed by atoms with Crippen LogP contribution in [-0.4, -0.2) is 50.4 Å². The number of methoxy groups -OCH3 is 1. The van der Waals surface area contributed by atoms with Crippen molar-refractivity contribution >= 4 is 11.7 Å². The molecule has 5 nitrogen and oxygen atoms in total. The zero-order valence-electron chi connectivity index (χ0n) is 12.5. The Morgan fingerprint density at radius 2 is 1.90 bits per heavy atom. The molecule has 1 amide bonds. The Morgan fingerprint density at radius 3 is 2.40 bits per heavy atom. The highest BCUT2D eigenvalue weighted by Crippen LogP contribution is 2.14. The van der Waals surface area contributed by atoms with Crippen molar-refractivity contribution in [2.45, 2.75) is 19.4 Å². The van der Waals surface area contributed by atoms with Gasteiger partial charge < -0.3 is 10.1 Å². The summed E-state index contributed by atoms with van der Waals surface area (Å²) in [6.07, 6.45) is 0.382. The van der Waals surface area contributed by atoms with Gasteiger partial charge in [0, 0.05) is 25.6 Å². The molecule has 0 saturated carbocycles. The van der Waals surface area contributed by atoms with E-state index >= 15 is 0 Å². The third-order valence-electron chi connectivity index (χ3n) is 3.39. The van der Waals surface area contributed by atoms with E-state index in [1.54, 1.807) is 38.4 Å². The summed E-state index contributed by atoms with van der Waals surface area (Å²) in [7, 11) is 5.04. The first-order valence-corrected chi connectivity index (χ1v) is 6.58. The van der Waals surface area contributed by atoms with Crippen molar-refractivity contribution in [2.75, 3.05) is 27.7 Å². The number of nitrogens with one attached hydrogen (secondary N) is 1. The summed E-state index contributed by atoms with van der Waals surface area (Å²) >= 11 is 0. The van der Waals surface area contributed by atoms with Crippen LogP contribution in [0.4, 0.5) is 0 Å². The SMILES string of the molecule is CNC(=O)CCN(C)C(C)C(=O)c1ccc(OC)cc1. The molecular weight excluding hydrogens is 256 g/mol. The summed E-state index contributed by atoms with van der Waals surface area (Å²) < 4.78 is 5.07.